The third-order valence-corrected chi connectivity index (χ3v) is 2.61. The van der Waals surface area contributed by atoms with E-state index in [-0.39, 0.29) is 6.04 Å². The van der Waals surface area contributed by atoms with Crippen molar-refractivity contribution in [2.45, 2.75) is 33.2 Å². The molecular weight excluding hydrogens is 220 g/mol. The Labute approximate surface area is 102 Å². The minimum absolute atomic E-state index is 0.207. The predicted octanol–water partition coefficient (Wildman–Crippen LogP) is 1.59. The molecule has 5 heteroatoms. The molecule has 0 saturated carbocycles. The van der Waals surface area contributed by atoms with Gasteiger partial charge in [0.15, 0.2) is 0 Å². The number of hydrogen-bond acceptors (Lipinski definition) is 4. The van der Waals surface area contributed by atoms with Gasteiger partial charge in [0.2, 0.25) is 5.95 Å². The molecule has 88 valence electrons. The molecule has 0 aliphatic heterocycles. The molecule has 1 aromatic heterocycles. The predicted molar refractivity (Wildman–Crippen MR) is 70.8 cm³/mol. The number of nitrogens with zero attached hydrogens (tertiary/aromatic N) is 3. The Bertz CT molecular complexity index is 371. The molecule has 4 nitrogen and oxygen atoms in total. The average Bonchev–Trinajstić information content (AvgIpc) is 2.13. The Kier molecular flexibility index (Phi) is 4.18. The third-order valence-electron chi connectivity index (χ3n) is 2.44. The van der Waals surface area contributed by atoms with E-state index in [9.17, 15) is 0 Å². The van der Waals surface area contributed by atoms with E-state index >= 15 is 0 Å². The number of aromatic nitrogens is 2. The number of nitrogens with two attached hydrogens (primary N) is 1. The summed E-state index contributed by atoms with van der Waals surface area (Å²) < 4.78 is 0. The molecule has 0 amide bonds. The van der Waals surface area contributed by atoms with Crippen molar-refractivity contribution in [2.24, 2.45) is 5.73 Å². The van der Waals surface area contributed by atoms with E-state index in [1.165, 1.54) is 0 Å². The second-order valence-electron chi connectivity index (χ2n) is 4.08. The summed E-state index contributed by atoms with van der Waals surface area (Å²) in [5, 5.41) is 0. The Morgan fingerprint density at radius 3 is 2.38 bits per heavy atom. The SMILES string of the molecule is Cc1cc(C)nc(N(C)C(C)CC(N)=S)n1. The lowest BCUT2D eigenvalue weighted by Gasteiger charge is -2.24. The minimum Gasteiger partial charge on any atom is -0.393 e. The van der Waals surface area contributed by atoms with Crippen LogP contribution in [-0.4, -0.2) is 28.0 Å². The van der Waals surface area contributed by atoms with E-state index in [0.29, 0.717) is 11.4 Å². The maximum Gasteiger partial charge on any atom is 0.225 e. The van der Waals surface area contributed by atoms with Crippen LogP contribution >= 0.6 is 12.2 Å². The number of anilines is 1. The van der Waals surface area contributed by atoms with Crippen LogP contribution < -0.4 is 10.6 Å². The smallest absolute Gasteiger partial charge is 0.225 e. The second kappa shape index (κ2) is 5.21. The molecule has 1 unspecified atom stereocenters. The summed E-state index contributed by atoms with van der Waals surface area (Å²) in [7, 11) is 1.96. The lowest BCUT2D eigenvalue weighted by Crippen LogP contribution is -2.33. The normalized spacial score (nSPS) is 12.2. The Hall–Kier alpha value is -1.23. The highest BCUT2D eigenvalue weighted by molar-refractivity contribution is 7.80. The van der Waals surface area contributed by atoms with Gasteiger partial charge in [0, 0.05) is 30.9 Å². The minimum atomic E-state index is 0.207. The number of aryl methyl sites for hydroxylation is 2. The fourth-order valence-electron chi connectivity index (χ4n) is 1.49. The van der Waals surface area contributed by atoms with Crippen LogP contribution in [-0.2, 0) is 0 Å². The van der Waals surface area contributed by atoms with Gasteiger partial charge in [0.25, 0.3) is 0 Å². The Morgan fingerprint density at radius 2 is 1.94 bits per heavy atom. The molecule has 0 aliphatic rings. The number of rotatable bonds is 4. The summed E-state index contributed by atoms with van der Waals surface area (Å²) in [6, 6.07) is 2.16. The molecule has 0 aliphatic carbocycles. The second-order valence-corrected chi connectivity index (χ2v) is 4.61. The zero-order valence-corrected chi connectivity index (χ0v) is 11.0. The van der Waals surface area contributed by atoms with Gasteiger partial charge in [-0.1, -0.05) is 12.2 Å². The van der Waals surface area contributed by atoms with Crippen LogP contribution in [0.1, 0.15) is 24.7 Å². The van der Waals surface area contributed by atoms with Gasteiger partial charge in [-0.15, -0.1) is 0 Å². The van der Waals surface area contributed by atoms with Crippen molar-refractivity contribution in [1.82, 2.24) is 9.97 Å². The van der Waals surface area contributed by atoms with E-state index in [2.05, 4.69) is 16.9 Å². The Morgan fingerprint density at radius 1 is 1.44 bits per heavy atom. The molecule has 1 rings (SSSR count). The number of thiocarbonyl (C=S) groups is 1. The first-order valence-corrected chi connectivity index (χ1v) is 5.64. The molecule has 0 radical (unpaired) electrons. The fourth-order valence-corrected chi connectivity index (χ4v) is 1.73. The van der Waals surface area contributed by atoms with E-state index < -0.39 is 0 Å². The lowest BCUT2D eigenvalue weighted by atomic mass is 10.2. The fraction of sp³-hybridized carbons (Fsp3) is 0.545. The van der Waals surface area contributed by atoms with Crippen LogP contribution in [0.15, 0.2) is 6.07 Å². The van der Waals surface area contributed by atoms with Crippen molar-refractivity contribution >= 4 is 23.2 Å². The van der Waals surface area contributed by atoms with Crippen LogP contribution in [0.25, 0.3) is 0 Å². The highest BCUT2D eigenvalue weighted by Crippen LogP contribution is 2.12. The van der Waals surface area contributed by atoms with E-state index in [1.807, 2.05) is 31.9 Å². The van der Waals surface area contributed by atoms with Crippen molar-refractivity contribution in [2.75, 3.05) is 11.9 Å². The lowest BCUT2D eigenvalue weighted by molar-refractivity contribution is 0.691. The van der Waals surface area contributed by atoms with E-state index in [1.54, 1.807) is 0 Å². The quantitative estimate of drug-likeness (QED) is 0.807. The van der Waals surface area contributed by atoms with Crippen molar-refractivity contribution in [3.8, 4) is 0 Å². The van der Waals surface area contributed by atoms with Crippen molar-refractivity contribution < 1.29 is 0 Å². The molecule has 0 fully saturated rings. The zero-order chi connectivity index (χ0) is 12.3. The van der Waals surface area contributed by atoms with Gasteiger partial charge in [-0.2, -0.15) is 0 Å². The highest BCUT2D eigenvalue weighted by atomic mass is 32.1. The Balaban J connectivity index is 2.86. The largest absolute Gasteiger partial charge is 0.393 e. The zero-order valence-electron chi connectivity index (χ0n) is 10.2. The molecule has 0 bridgehead atoms. The van der Waals surface area contributed by atoms with Crippen molar-refractivity contribution in [3.05, 3.63) is 17.5 Å². The molecule has 1 heterocycles. The first-order chi connectivity index (χ1) is 7.40. The summed E-state index contributed by atoms with van der Waals surface area (Å²) in [4.78, 5) is 11.3. The summed E-state index contributed by atoms with van der Waals surface area (Å²) >= 11 is 4.90. The molecule has 2 N–H and O–H groups in total. The monoisotopic (exact) mass is 238 g/mol. The summed E-state index contributed by atoms with van der Waals surface area (Å²) in [6.45, 7) is 5.98. The van der Waals surface area contributed by atoms with Gasteiger partial charge >= 0.3 is 0 Å². The molecule has 1 aromatic rings. The molecule has 16 heavy (non-hydrogen) atoms. The standard InChI is InChI=1S/C11H18N4S/c1-7-5-8(2)14-11(13-7)15(4)9(3)6-10(12)16/h5,9H,6H2,1-4H3,(H2,12,16). The van der Waals surface area contributed by atoms with Gasteiger partial charge in [-0.3, -0.25) is 0 Å². The van der Waals surface area contributed by atoms with Gasteiger partial charge < -0.3 is 10.6 Å². The average molecular weight is 238 g/mol. The maximum absolute atomic E-state index is 5.53. The molecule has 0 saturated heterocycles. The topological polar surface area (TPSA) is 55.0 Å². The first kappa shape index (κ1) is 12.8. The van der Waals surface area contributed by atoms with Crippen LogP contribution in [0.2, 0.25) is 0 Å². The van der Waals surface area contributed by atoms with Crippen molar-refractivity contribution in [1.29, 1.82) is 0 Å². The summed E-state index contributed by atoms with van der Waals surface area (Å²) in [5.74, 6) is 0.723. The van der Waals surface area contributed by atoms with Crippen LogP contribution in [0.3, 0.4) is 0 Å². The van der Waals surface area contributed by atoms with Crippen molar-refractivity contribution in [3.63, 3.8) is 0 Å². The molecule has 1 atom stereocenters. The summed E-state index contributed by atoms with van der Waals surface area (Å²) in [6.07, 6.45) is 0.669. The van der Waals surface area contributed by atoms with Gasteiger partial charge in [-0.25, -0.2) is 9.97 Å². The highest BCUT2D eigenvalue weighted by Gasteiger charge is 2.13. The maximum atomic E-state index is 5.53. The third kappa shape index (κ3) is 3.41. The van der Waals surface area contributed by atoms with E-state index in [4.69, 9.17) is 18.0 Å². The summed E-state index contributed by atoms with van der Waals surface area (Å²) in [5.41, 5.74) is 7.47. The first-order valence-electron chi connectivity index (χ1n) is 5.23. The molecule has 0 spiro atoms. The number of hydrogen-bond donors (Lipinski definition) is 1. The van der Waals surface area contributed by atoms with Gasteiger partial charge in [0.05, 0.1) is 4.99 Å². The van der Waals surface area contributed by atoms with Crippen LogP contribution in [0, 0.1) is 13.8 Å². The molecular formula is C11H18N4S. The molecule has 0 aromatic carbocycles. The van der Waals surface area contributed by atoms with Crippen LogP contribution in [0.4, 0.5) is 5.95 Å². The van der Waals surface area contributed by atoms with E-state index in [0.717, 1.165) is 17.3 Å². The van der Waals surface area contributed by atoms with Gasteiger partial charge in [-0.05, 0) is 26.8 Å². The van der Waals surface area contributed by atoms with Crippen LogP contribution in [0.5, 0.6) is 0 Å². The van der Waals surface area contributed by atoms with Gasteiger partial charge in [0.1, 0.15) is 0 Å².